The van der Waals surface area contributed by atoms with E-state index < -0.39 is 0 Å². The molecule has 0 aliphatic carbocycles. The van der Waals surface area contributed by atoms with Gasteiger partial charge in [0.05, 0.1) is 12.5 Å². The van der Waals surface area contributed by atoms with Gasteiger partial charge >= 0.3 is 0 Å². The Morgan fingerprint density at radius 1 is 1.24 bits per heavy atom. The van der Waals surface area contributed by atoms with Crippen molar-refractivity contribution in [2.75, 3.05) is 0 Å². The van der Waals surface area contributed by atoms with E-state index in [4.69, 9.17) is 4.42 Å². The van der Waals surface area contributed by atoms with Crippen LogP contribution in [0.1, 0.15) is 11.1 Å². The topological polar surface area (TPSA) is 42.2 Å². The minimum absolute atomic E-state index is 0.116. The lowest BCUT2D eigenvalue weighted by atomic mass is 10.2. The SMILES string of the molecule is O=C(/C=C/c1ccoc1)NCc1ccccc1. The average Bonchev–Trinajstić information content (AvgIpc) is 2.88. The van der Waals surface area contributed by atoms with E-state index in [1.807, 2.05) is 30.3 Å². The minimum atomic E-state index is -0.116. The van der Waals surface area contributed by atoms with Crippen molar-refractivity contribution in [1.82, 2.24) is 5.32 Å². The van der Waals surface area contributed by atoms with Gasteiger partial charge in [0.2, 0.25) is 5.91 Å². The third-order valence-corrected chi connectivity index (χ3v) is 2.28. The van der Waals surface area contributed by atoms with E-state index in [1.54, 1.807) is 24.7 Å². The largest absolute Gasteiger partial charge is 0.472 e. The summed E-state index contributed by atoms with van der Waals surface area (Å²) in [7, 11) is 0. The van der Waals surface area contributed by atoms with E-state index in [0.29, 0.717) is 6.54 Å². The lowest BCUT2D eigenvalue weighted by Gasteiger charge is -2.01. The lowest BCUT2D eigenvalue weighted by Crippen LogP contribution is -2.20. The molecule has 86 valence electrons. The molecule has 0 fully saturated rings. The molecule has 1 aromatic heterocycles. The van der Waals surface area contributed by atoms with Crippen molar-refractivity contribution >= 4 is 12.0 Å². The molecule has 0 unspecified atom stereocenters. The molecule has 0 spiro atoms. The molecule has 0 aliphatic rings. The number of rotatable bonds is 4. The fourth-order valence-electron chi connectivity index (χ4n) is 1.39. The number of nitrogens with one attached hydrogen (secondary N) is 1. The Morgan fingerprint density at radius 2 is 2.06 bits per heavy atom. The van der Waals surface area contributed by atoms with Crippen LogP contribution in [-0.2, 0) is 11.3 Å². The number of carbonyl (C=O) groups is 1. The molecule has 1 amide bonds. The van der Waals surface area contributed by atoms with Crippen LogP contribution in [0.25, 0.3) is 6.08 Å². The smallest absolute Gasteiger partial charge is 0.244 e. The van der Waals surface area contributed by atoms with Gasteiger partial charge in [-0.05, 0) is 17.7 Å². The van der Waals surface area contributed by atoms with Gasteiger partial charge < -0.3 is 9.73 Å². The molecule has 2 rings (SSSR count). The van der Waals surface area contributed by atoms with Crippen LogP contribution in [0.3, 0.4) is 0 Å². The Kier molecular flexibility index (Phi) is 3.76. The lowest BCUT2D eigenvalue weighted by molar-refractivity contribution is -0.116. The summed E-state index contributed by atoms with van der Waals surface area (Å²) in [5.74, 6) is -0.116. The van der Waals surface area contributed by atoms with Gasteiger partial charge in [-0.3, -0.25) is 4.79 Å². The number of amides is 1. The predicted octanol–water partition coefficient (Wildman–Crippen LogP) is 2.61. The maximum atomic E-state index is 11.5. The molecular formula is C14H13NO2. The molecule has 3 nitrogen and oxygen atoms in total. The van der Waals surface area contributed by atoms with Crippen LogP contribution in [0.15, 0.2) is 59.4 Å². The molecular weight excluding hydrogens is 214 g/mol. The molecule has 2 aromatic rings. The molecule has 0 bridgehead atoms. The highest BCUT2D eigenvalue weighted by Crippen LogP contribution is 2.02. The Balaban J connectivity index is 1.82. The minimum Gasteiger partial charge on any atom is -0.472 e. The zero-order chi connectivity index (χ0) is 11.9. The van der Waals surface area contributed by atoms with E-state index in [0.717, 1.165) is 11.1 Å². The summed E-state index contributed by atoms with van der Waals surface area (Å²) in [5, 5.41) is 2.81. The normalized spacial score (nSPS) is 10.6. The second-order valence-electron chi connectivity index (χ2n) is 3.59. The van der Waals surface area contributed by atoms with Crippen LogP contribution >= 0.6 is 0 Å². The number of hydrogen-bond acceptors (Lipinski definition) is 2. The van der Waals surface area contributed by atoms with Crippen LogP contribution in [0.4, 0.5) is 0 Å². The second-order valence-corrected chi connectivity index (χ2v) is 3.59. The molecule has 0 saturated heterocycles. The summed E-state index contributed by atoms with van der Waals surface area (Å²) >= 11 is 0. The first-order valence-corrected chi connectivity index (χ1v) is 5.36. The van der Waals surface area contributed by atoms with Gasteiger partial charge in [0, 0.05) is 18.2 Å². The van der Waals surface area contributed by atoms with Crippen molar-refractivity contribution in [3.63, 3.8) is 0 Å². The van der Waals surface area contributed by atoms with Gasteiger partial charge in [-0.15, -0.1) is 0 Å². The Bertz CT molecular complexity index is 486. The highest BCUT2D eigenvalue weighted by Gasteiger charge is 1.96. The molecule has 1 heterocycles. The number of furan rings is 1. The van der Waals surface area contributed by atoms with Crippen LogP contribution in [0.2, 0.25) is 0 Å². The van der Waals surface area contributed by atoms with Gasteiger partial charge in [0.1, 0.15) is 0 Å². The van der Waals surface area contributed by atoms with Gasteiger partial charge in [-0.2, -0.15) is 0 Å². The second kappa shape index (κ2) is 5.70. The highest BCUT2D eigenvalue weighted by atomic mass is 16.3. The van der Waals surface area contributed by atoms with E-state index in [9.17, 15) is 4.79 Å². The molecule has 3 heteroatoms. The quantitative estimate of drug-likeness (QED) is 0.816. The Labute approximate surface area is 99.8 Å². The van der Waals surface area contributed by atoms with Crippen molar-refractivity contribution in [3.8, 4) is 0 Å². The van der Waals surface area contributed by atoms with E-state index >= 15 is 0 Å². The fourth-order valence-corrected chi connectivity index (χ4v) is 1.39. The summed E-state index contributed by atoms with van der Waals surface area (Å²) < 4.78 is 4.89. The molecule has 1 aromatic carbocycles. The molecule has 0 saturated carbocycles. The van der Waals surface area contributed by atoms with Gasteiger partial charge in [-0.25, -0.2) is 0 Å². The molecule has 17 heavy (non-hydrogen) atoms. The van der Waals surface area contributed by atoms with Gasteiger partial charge in [-0.1, -0.05) is 30.3 Å². The first-order chi connectivity index (χ1) is 8.34. The summed E-state index contributed by atoms with van der Waals surface area (Å²) in [5.41, 5.74) is 1.96. The van der Waals surface area contributed by atoms with Crippen LogP contribution in [0.5, 0.6) is 0 Å². The van der Waals surface area contributed by atoms with E-state index in [1.165, 1.54) is 6.08 Å². The van der Waals surface area contributed by atoms with Crippen molar-refractivity contribution in [2.24, 2.45) is 0 Å². The zero-order valence-electron chi connectivity index (χ0n) is 9.30. The standard InChI is InChI=1S/C14H13NO2/c16-14(7-6-13-8-9-17-11-13)15-10-12-4-2-1-3-5-12/h1-9,11H,10H2,(H,15,16)/b7-6+. The highest BCUT2D eigenvalue weighted by molar-refractivity contribution is 5.91. The van der Waals surface area contributed by atoms with Gasteiger partial charge in [0.15, 0.2) is 0 Å². The number of carbonyl (C=O) groups excluding carboxylic acids is 1. The number of hydrogen-bond donors (Lipinski definition) is 1. The van der Waals surface area contributed by atoms with E-state index in [-0.39, 0.29) is 5.91 Å². The van der Waals surface area contributed by atoms with E-state index in [2.05, 4.69) is 5.32 Å². The summed E-state index contributed by atoms with van der Waals surface area (Å²) in [6, 6.07) is 11.6. The Hall–Kier alpha value is -2.29. The maximum absolute atomic E-state index is 11.5. The maximum Gasteiger partial charge on any atom is 0.244 e. The first-order valence-electron chi connectivity index (χ1n) is 5.36. The fraction of sp³-hybridized carbons (Fsp3) is 0.0714. The molecule has 1 N–H and O–H groups in total. The van der Waals surface area contributed by atoms with Crippen molar-refractivity contribution in [2.45, 2.75) is 6.54 Å². The average molecular weight is 227 g/mol. The van der Waals surface area contributed by atoms with Gasteiger partial charge in [0.25, 0.3) is 0 Å². The third kappa shape index (κ3) is 3.65. The Morgan fingerprint density at radius 3 is 2.76 bits per heavy atom. The molecule has 0 atom stereocenters. The first kappa shape index (κ1) is 11.2. The summed E-state index contributed by atoms with van der Waals surface area (Å²) in [4.78, 5) is 11.5. The predicted molar refractivity (Wildman–Crippen MR) is 66.0 cm³/mol. The van der Waals surface area contributed by atoms with Crippen molar-refractivity contribution in [1.29, 1.82) is 0 Å². The summed E-state index contributed by atoms with van der Waals surface area (Å²) in [6.45, 7) is 0.537. The van der Waals surface area contributed by atoms with Crippen LogP contribution in [0, 0.1) is 0 Å². The third-order valence-electron chi connectivity index (χ3n) is 2.28. The van der Waals surface area contributed by atoms with Crippen LogP contribution in [-0.4, -0.2) is 5.91 Å². The molecule has 0 aliphatic heterocycles. The van der Waals surface area contributed by atoms with Crippen molar-refractivity contribution < 1.29 is 9.21 Å². The zero-order valence-corrected chi connectivity index (χ0v) is 9.30. The summed E-state index contributed by atoms with van der Waals surface area (Å²) in [6.07, 6.45) is 6.36. The van der Waals surface area contributed by atoms with Crippen molar-refractivity contribution in [3.05, 3.63) is 66.1 Å². The number of benzene rings is 1. The van der Waals surface area contributed by atoms with Crippen LogP contribution < -0.4 is 5.32 Å². The molecule has 0 radical (unpaired) electrons. The monoisotopic (exact) mass is 227 g/mol.